The monoisotopic (exact) mass is 289 g/mol. The zero-order valence-corrected chi connectivity index (χ0v) is 12.3. The van der Waals surface area contributed by atoms with Crippen molar-refractivity contribution in [2.45, 2.75) is 19.4 Å². The summed E-state index contributed by atoms with van der Waals surface area (Å²) in [7, 11) is 1.76. The van der Waals surface area contributed by atoms with Gasteiger partial charge in [-0.05, 0) is 31.5 Å². The Labute approximate surface area is 123 Å². The predicted octanol–water partition coefficient (Wildman–Crippen LogP) is 1.07. The Balaban J connectivity index is 2.04. The maximum atomic E-state index is 12.0. The smallest absolute Gasteiger partial charge is 0.251 e. The van der Waals surface area contributed by atoms with E-state index in [-0.39, 0.29) is 18.2 Å². The average Bonchev–Trinajstić information content (AvgIpc) is 2.87. The molecule has 0 aliphatic rings. The van der Waals surface area contributed by atoms with Gasteiger partial charge >= 0.3 is 0 Å². The van der Waals surface area contributed by atoms with E-state index in [2.05, 4.69) is 10.4 Å². The Morgan fingerprint density at radius 1 is 1.48 bits per heavy atom. The Bertz CT molecular complexity index is 662. The van der Waals surface area contributed by atoms with E-state index in [4.69, 9.17) is 0 Å². The molecule has 1 aromatic heterocycles. The van der Waals surface area contributed by atoms with E-state index < -0.39 is 5.60 Å². The van der Waals surface area contributed by atoms with Gasteiger partial charge in [0.25, 0.3) is 5.91 Å². The highest BCUT2D eigenvalue weighted by Gasteiger charge is 2.25. The maximum Gasteiger partial charge on any atom is 0.251 e. The Kier molecular flexibility index (Phi) is 3.99. The van der Waals surface area contributed by atoms with Gasteiger partial charge in [-0.25, -0.2) is 0 Å². The number of rotatable bonds is 4. The molecule has 1 unspecified atom stereocenters. The third-order valence-corrected chi connectivity index (χ3v) is 3.39. The minimum Gasteiger partial charge on any atom is -0.508 e. The third kappa shape index (κ3) is 3.41. The number of phenols is 1. The number of benzene rings is 1. The molecule has 3 N–H and O–H groups in total. The van der Waals surface area contributed by atoms with Gasteiger partial charge in [0.15, 0.2) is 0 Å². The molecule has 21 heavy (non-hydrogen) atoms. The van der Waals surface area contributed by atoms with Gasteiger partial charge in [0.2, 0.25) is 0 Å². The first-order chi connectivity index (χ1) is 9.79. The molecule has 6 nitrogen and oxygen atoms in total. The first-order valence-corrected chi connectivity index (χ1v) is 6.59. The molecule has 0 saturated heterocycles. The van der Waals surface area contributed by atoms with Crippen molar-refractivity contribution < 1.29 is 15.0 Å². The number of phenolic OH excluding ortho intramolecular Hbond substituents is 1. The third-order valence-electron chi connectivity index (χ3n) is 3.39. The molecule has 1 heterocycles. The van der Waals surface area contributed by atoms with E-state index in [1.54, 1.807) is 50.1 Å². The van der Waals surface area contributed by atoms with Crippen LogP contribution in [0.25, 0.3) is 0 Å². The summed E-state index contributed by atoms with van der Waals surface area (Å²) in [5.74, 6) is -0.281. The summed E-state index contributed by atoms with van der Waals surface area (Å²) in [4.78, 5) is 12.0. The van der Waals surface area contributed by atoms with Gasteiger partial charge in [0.1, 0.15) is 11.4 Å². The van der Waals surface area contributed by atoms with Crippen molar-refractivity contribution in [3.8, 4) is 5.75 Å². The molecule has 0 fully saturated rings. The fourth-order valence-electron chi connectivity index (χ4n) is 1.91. The van der Waals surface area contributed by atoms with E-state index in [9.17, 15) is 15.0 Å². The average molecular weight is 289 g/mol. The van der Waals surface area contributed by atoms with Crippen molar-refractivity contribution in [2.75, 3.05) is 6.54 Å². The summed E-state index contributed by atoms with van der Waals surface area (Å²) in [6.45, 7) is 3.41. The van der Waals surface area contributed by atoms with Crippen LogP contribution in [0.1, 0.15) is 28.4 Å². The minimum absolute atomic E-state index is 0.0478. The number of carbonyl (C=O) groups excluding carboxylic acids is 1. The summed E-state index contributed by atoms with van der Waals surface area (Å²) in [5, 5.41) is 26.7. The minimum atomic E-state index is -1.21. The molecule has 0 bridgehead atoms. The SMILES string of the molecule is Cc1ccc(C(=O)NCC(C)(O)c2cnn(C)c2)cc1O. The van der Waals surface area contributed by atoms with Crippen molar-refractivity contribution in [3.05, 3.63) is 47.3 Å². The van der Waals surface area contributed by atoms with E-state index in [1.807, 2.05) is 0 Å². The topological polar surface area (TPSA) is 87.4 Å². The number of aromatic nitrogens is 2. The highest BCUT2D eigenvalue weighted by molar-refractivity contribution is 5.94. The molecule has 2 rings (SSSR count). The van der Waals surface area contributed by atoms with E-state index in [0.29, 0.717) is 16.7 Å². The van der Waals surface area contributed by atoms with Crippen molar-refractivity contribution in [1.82, 2.24) is 15.1 Å². The van der Waals surface area contributed by atoms with E-state index >= 15 is 0 Å². The van der Waals surface area contributed by atoms with Crippen LogP contribution in [-0.4, -0.2) is 32.4 Å². The number of nitrogens with zero attached hydrogens (tertiary/aromatic N) is 2. The lowest BCUT2D eigenvalue weighted by Crippen LogP contribution is -2.38. The second-order valence-corrected chi connectivity index (χ2v) is 5.36. The van der Waals surface area contributed by atoms with Crippen LogP contribution >= 0.6 is 0 Å². The number of aliphatic hydroxyl groups is 1. The first kappa shape index (κ1) is 15.1. The fraction of sp³-hybridized carbons (Fsp3) is 0.333. The van der Waals surface area contributed by atoms with Crippen LogP contribution < -0.4 is 5.32 Å². The Morgan fingerprint density at radius 2 is 2.19 bits per heavy atom. The molecule has 1 atom stereocenters. The molecule has 1 aromatic carbocycles. The normalized spacial score (nSPS) is 13.7. The molecule has 0 radical (unpaired) electrons. The maximum absolute atomic E-state index is 12.0. The number of nitrogens with one attached hydrogen (secondary N) is 1. The van der Waals surface area contributed by atoms with Crippen LogP contribution in [0, 0.1) is 6.92 Å². The zero-order chi connectivity index (χ0) is 15.6. The lowest BCUT2D eigenvalue weighted by molar-refractivity contribution is 0.0526. The quantitative estimate of drug-likeness (QED) is 0.785. The van der Waals surface area contributed by atoms with Gasteiger partial charge in [-0.2, -0.15) is 5.10 Å². The van der Waals surface area contributed by atoms with Gasteiger partial charge in [-0.15, -0.1) is 0 Å². The second-order valence-electron chi connectivity index (χ2n) is 5.36. The summed E-state index contributed by atoms with van der Waals surface area (Å²) < 4.78 is 1.59. The van der Waals surface area contributed by atoms with E-state index in [1.165, 1.54) is 6.07 Å². The van der Waals surface area contributed by atoms with Gasteiger partial charge in [-0.1, -0.05) is 6.07 Å². The van der Waals surface area contributed by atoms with Crippen LogP contribution in [-0.2, 0) is 12.6 Å². The van der Waals surface area contributed by atoms with Gasteiger partial charge in [0, 0.05) is 24.4 Å². The van der Waals surface area contributed by atoms with Crippen LogP contribution in [0.4, 0.5) is 0 Å². The van der Waals surface area contributed by atoms with Gasteiger partial charge in [-0.3, -0.25) is 9.48 Å². The number of hydrogen-bond donors (Lipinski definition) is 3. The van der Waals surface area contributed by atoms with Gasteiger partial charge < -0.3 is 15.5 Å². The molecule has 6 heteroatoms. The van der Waals surface area contributed by atoms with Crippen LogP contribution in [0.15, 0.2) is 30.6 Å². The first-order valence-electron chi connectivity index (χ1n) is 6.59. The van der Waals surface area contributed by atoms with Crippen molar-refractivity contribution in [1.29, 1.82) is 0 Å². The Hall–Kier alpha value is -2.34. The summed E-state index contributed by atoms with van der Waals surface area (Å²) in [6, 6.07) is 4.70. The molecule has 0 saturated carbocycles. The van der Waals surface area contributed by atoms with Crippen molar-refractivity contribution in [3.63, 3.8) is 0 Å². The summed E-state index contributed by atoms with van der Waals surface area (Å²) in [5.41, 5.74) is 0.461. The standard InChI is InChI=1S/C15H19N3O3/c1-10-4-5-11(6-13(10)19)14(20)16-9-15(2,21)12-7-17-18(3)8-12/h4-8,19,21H,9H2,1-3H3,(H,16,20). The molecule has 112 valence electrons. The number of aryl methyl sites for hydroxylation is 2. The molecule has 0 aliphatic heterocycles. The number of aromatic hydroxyl groups is 1. The molecular formula is C15H19N3O3. The summed E-state index contributed by atoms with van der Waals surface area (Å²) in [6.07, 6.45) is 3.26. The Morgan fingerprint density at radius 3 is 2.76 bits per heavy atom. The number of amides is 1. The second kappa shape index (κ2) is 5.57. The zero-order valence-electron chi connectivity index (χ0n) is 12.3. The fourth-order valence-corrected chi connectivity index (χ4v) is 1.91. The van der Waals surface area contributed by atoms with Crippen LogP contribution in [0.5, 0.6) is 5.75 Å². The molecule has 1 amide bonds. The molecular weight excluding hydrogens is 270 g/mol. The lowest BCUT2D eigenvalue weighted by atomic mass is 9.99. The lowest BCUT2D eigenvalue weighted by Gasteiger charge is -2.22. The molecule has 0 aliphatic carbocycles. The largest absolute Gasteiger partial charge is 0.508 e. The predicted molar refractivity (Wildman–Crippen MR) is 78.0 cm³/mol. The highest BCUT2D eigenvalue weighted by Crippen LogP contribution is 2.20. The number of carbonyl (C=O) groups is 1. The number of hydrogen-bond acceptors (Lipinski definition) is 4. The summed E-state index contributed by atoms with van der Waals surface area (Å²) >= 11 is 0. The highest BCUT2D eigenvalue weighted by atomic mass is 16.3. The van der Waals surface area contributed by atoms with E-state index in [0.717, 1.165) is 0 Å². The van der Waals surface area contributed by atoms with Crippen LogP contribution in [0.2, 0.25) is 0 Å². The van der Waals surface area contributed by atoms with Crippen molar-refractivity contribution in [2.24, 2.45) is 7.05 Å². The van der Waals surface area contributed by atoms with Crippen molar-refractivity contribution >= 4 is 5.91 Å². The molecule has 2 aromatic rings. The van der Waals surface area contributed by atoms with Crippen LogP contribution in [0.3, 0.4) is 0 Å². The molecule has 0 spiro atoms. The van der Waals surface area contributed by atoms with Gasteiger partial charge in [0.05, 0.1) is 12.7 Å².